The number of hydrogen-bond donors (Lipinski definition) is 3. The summed E-state index contributed by atoms with van der Waals surface area (Å²) in [5, 5.41) is 5.24. The van der Waals surface area contributed by atoms with Crippen molar-refractivity contribution in [3.63, 3.8) is 0 Å². The van der Waals surface area contributed by atoms with E-state index in [-0.39, 0.29) is 6.04 Å². The third-order valence-corrected chi connectivity index (χ3v) is 6.29. The molecule has 7 nitrogen and oxygen atoms in total. The van der Waals surface area contributed by atoms with Crippen LogP contribution in [-0.2, 0) is 4.74 Å². The highest BCUT2D eigenvalue weighted by Gasteiger charge is 2.18. The number of H-pyrrole nitrogens is 1. The highest BCUT2D eigenvalue weighted by atomic mass is 35.5. The van der Waals surface area contributed by atoms with Gasteiger partial charge in [-0.25, -0.2) is 4.98 Å². The monoisotopic (exact) mass is 450 g/mol. The average Bonchev–Trinajstić information content (AvgIpc) is 3.26. The first kappa shape index (κ1) is 21.0. The summed E-state index contributed by atoms with van der Waals surface area (Å²) in [7, 11) is 0. The van der Waals surface area contributed by atoms with Crippen molar-refractivity contribution >= 4 is 44.9 Å². The van der Waals surface area contributed by atoms with Crippen molar-refractivity contribution in [1.29, 1.82) is 0 Å². The Morgan fingerprint density at radius 3 is 2.81 bits per heavy atom. The number of fused-ring (bicyclic) bond motifs is 2. The van der Waals surface area contributed by atoms with Crippen molar-refractivity contribution in [3.05, 3.63) is 47.6 Å². The Labute approximate surface area is 191 Å². The van der Waals surface area contributed by atoms with Crippen LogP contribution >= 0.6 is 11.6 Å². The van der Waals surface area contributed by atoms with Gasteiger partial charge in [0.05, 0.1) is 41.0 Å². The minimum Gasteiger partial charge on any atom is -0.380 e. The number of nitrogens with two attached hydrogens (primary N) is 1. The zero-order valence-corrected chi connectivity index (χ0v) is 18.8. The third kappa shape index (κ3) is 3.99. The van der Waals surface area contributed by atoms with E-state index in [2.05, 4.69) is 45.3 Å². The van der Waals surface area contributed by atoms with Crippen molar-refractivity contribution in [2.75, 3.05) is 43.1 Å². The highest BCUT2D eigenvalue weighted by molar-refractivity contribution is 6.31. The zero-order valence-electron chi connectivity index (χ0n) is 18.1. The second kappa shape index (κ2) is 8.94. The van der Waals surface area contributed by atoms with Crippen LogP contribution in [0.25, 0.3) is 33.3 Å². The summed E-state index contributed by atoms with van der Waals surface area (Å²) < 4.78 is 5.48. The molecule has 0 aliphatic carbocycles. The molecule has 4 N–H and O–H groups in total. The minimum atomic E-state index is 0.135. The van der Waals surface area contributed by atoms with Gasteiger partial charge in [0.2, 0.25) is 0 Å². The molecule has 0 bridgehead atoms. The molecule has 166 valence electrons. The van der Waals surface area contributed by atoms with Gasteiger partial charge < -0.3 is 25.7 Å². The number of rotatable bonds is 6. The maximum absolute atomic E-state index is 6.33. The van der Waals surface area contributed by atoms with E-state index in [1.54, 1.807) is 0 Å². The van der Waals surface area contributed by atoms with Crippen LogP contribution in [0.5, 0.6) is 0 Å². The van der Waals surface area contributed by atoms with E-state index in [9.17, 15) is 0 Å². The number of hydrogen-bond acceptors (Lipinski definition) is 6. The average molecular weight is 451 g/mol. The minimum absolute atomic E-state index is 0.135. The molecule has 1 aliphatic heterocycles. The van der Waals surface area contributed by atoms with Crippen molar-refractivity contribution in [3.8, 4) is 11.4 Å². The summed E-state index contributed by atoms with van der Waals surface area (Å²) in [5.41, 5.74) is 11.8. The Morgan fingerprint density at radius 1 is 1.19 bits per heavy atom. The smallest absolute Gasteiger partial charge is 0.142 e. The number of imidazole rings is 1. The van der Waals surface area contributed by atoms with Crippen LogP contribution in [0.1, 0.15) is 13.3 Å². The van der Waals surface area contributed by atoms with E-state index < -0.39 is 0 Å². The predicted octanol–water partition coefficient (Wildman–Crippen LogP) is 4.42. The van der Waals surface area contributed by atoms with E-state index in [1.165, 1.54) is 0 Å². The van der Waals surface area contributed by atoms with Crippen LogP contribution in [0.4, 0.5) is 11.4 Å². The summed E-state index contributed by atoms with van der Waals surface area (Å²) in [5.74, 6) is 0.767. The molecule has 2 aromatic carbocycles. The summed E-state index contributed by atoms with van der Waals surface area (Å²) in [6, 6.07) is 12.2. The summed E-state index contributed by atoms with van der Waals surface area (Å²) in [6.45, 7) is 5.94. The summed E-state index contributed by atoms with van der Waals surface area (Å²) in [6.07, 6.45) is 2.77. The first-order valence-corrected chi connectivity index (χ1v) is 11.4. The SMILES string of the molecule is CC[C@H](CN)Nc1c(-c2nc3cc(N4CCOCC4)ccc3[nH]2)cnc2ccc(Cl)cc12. The fraction of sp³-hybridized carbons (Fsp3) is 0.333. The number of pyridine rings is 1. The van der Waals surface area contributed by atoms with Gasteiger partial charge in [-0.05, 0) is 42.8 Å². The number of halogens is 1. The summed E-state index contributed by atoms with van der Waals surface area (Å²) >= 11 is 6.33. The van der Waals surface area contributed by atoms with Gasteiger partial charge in [0, 0.05) is 48.0 Å². The fourth-order valence-corrected chi connectivity index (χ4v) is 4.34. The molecule has 3 heterocycles. The lowest BCUT2D eigenvalue weighted by Gasteiger charge is -2.28. The lowest BCUT2D eigenvalue weighted by Crippen LogP contribution is -2.36. The molecule has 1 saturated heterocycles. The molecule has 1 aliphatic rings. The molecule has 0 amide bonds. The van der Waals surface area contributed by atoms with Gasteiger partial charge in [0.25, 0.3) is 0 Å². The maximum Gasteiger partial charge on any atom is 0.142 e. The van der Waals surface area contributed by atoms with Gasteiger partial charge in [0.1, 0.15) is 5.82 Å². The van der Waals surface area contributed by atoms with E-state index in [0.29, 0.717) is 11.6 Å². The Bertz CT molecular complexity index is 1250. The van der Waals surface area contributed by atoms with Gasteiger partial charge in [-0.2, -0.15) is 0 Å². The first-order valence-electron chi connectivity index (χ1n) is 11.0. The van der Waals surface area contributed by atoms with Crippen LogP contribution in [0.2, 0.25) is 5.02 Å². The maximum atomic E-state index is 6.33. The van der Waals surface area contributed by atoms with Crippen LogP contribution in [0.15, 0.2) is 42.6 Å². The Morgan fingerprint density at radius 2 is 2.03 bits per heavy atom. The number of aromatic amines is 1. The van der Waals surface area contributed by atoms with E-state index in [1.807, 2.05) is 24.4 Å². The number of morpholine rings is 1. The lowest BCUT2D eigenvalue weighted by atomic mass is 10.1. The van der Waals surface area contributed by atoms with Crippen LogP contribution in [0, 0.1) is 0 Å². The second-order valence-electron chi connectivity index (χ2n) is 8.08. The van der Waals surface area contributed by atoms with Gasteiger partial charge in [-0.3, -0.25) is 4.98 Å². The highest BCUT2D eigenvalue weighted by Crippen LogP contribution is 2.35. The van der Waals surface area contributed by atoms with E-state index >= 15 is 0 Å². The molecule has 0 spiro atoms. The molecule has 1 atom stereocenters. The first-order chi connectivity index (χ1) is 15.7. The van der Waals surface area contributed by atoms with Crippen molar-refractivity contribution in [2.24, 2.45) is 5.73 Å². The Hall–Kier alpha value is -2.87. The molecule has 2 aromatic heterocycles. The fourth-order valence-electron chi connectivity index (χ4n) is 4.17. The largest absolute Gasteiger partial charge is 0.380 e. The summed E-state index contributed by atoms with van der Waals surface area (Å²) in [4.78, 5) is 15.4. The number of anilines is 2. The molecule has 0 unspecified atom stereocenters. The molecule has 0 saturated carbocycles. The van der Waals surface area contributed by atoms with Crippen molar-refractivity contribution < 1.29 is 4.74 Å². The standard InChI is InChI=1S/C24H27ClN6O/c1-2-16(13-26)28-23-18-11-15(25)3-5-20(18)27-14-19(23)24-29-21-6-4-17(12-22(21)30-24)31-7-9-32-10-8-31/h3-6,11-12,14,16H,2,7-10,13,26H2,1H3,(H,27,28)(H,29,30)/t16-/m1/s1. The number of ether oxygens (including phenoxy) is 1. The molecule has 4 aromatic rings. The zero-order chi connectivity index (χ0) is 22.1. The number of benzene rings is 2. The molecule has 8 heteroatoms. The van der Waals surface area contributed by atoms with Gasteiger partial charge in [-0.1, -0.05) is 18.5 Å². The van der Waals surface area contributed by atoms with Crippen molar-refractivity contribution in [2.45, 2.75) is 19.4 Å². The number of nitrogens with zero attached hydrogens (tertiary/aromatic N) is 3. The third-order valence-electron chi connectivity index (χ3n) is 6.05. The van der Waals surface area contributed by atoms with E-state index in [0.717, 1.165) is 77.4 Å². The quantitative estimate of drug-likeness (QED) is 0.403. The predicted molar refractivity (Wildman–Crippen MR) is 132 cm³/mol. The normalized spacial score (nSPS) is 15.4. The number of nitrogens with one attached hydrogen (secondary N) is 2. The second-order valence-corrected chi connectivity index (χ2v) is 8.52. The topological polar surface area (TPSA) is 92.1 Å². The molecular formula is C24H27ClN6O. The molecular weight excluding hydrogens is 424 g/mol. The lowest BCUT2D eigenvalue weighted by molar-refractivity contribution is 0.122. The molecule has 32 heavy (non-hydrogen) atoms. The Kier molecular flexibility index (Phi) is 5.87. The van der Waals surface area contributed by atoms with Gasteiger partial charge in [-0.15, -0.1) is 0 Å². The van der Waals surface area contributed by atoms with Crippen LogP contribution in [0.3, 0.4) is 0 Å². The van der Waals surface area contributed by atoms with Crippen LogP contribution in [-0.4, -0.2) is 53.8 Å². The molecule has 0 radical (unpaired) electrons. The molecule has 5 rings (SSSR count). The van der Waals surface area contributed by atoms with E-state index in [4.69, 9.17) is 27.1 Å². The number of aromatic nitrogens is 3. The Balaban J connectivity index is 1.61. The van der Waals surface area contributed by atoms with Gasteiger partial charge >= 0.3 is 0 Å². The van der Waals surface area contributed by atoms with Gasteiger partial charge in [0.15, 0.2) is 0 Å². The van der Waals surface area contributed by atoms with Crippen molar-refractivity contribution in [1.82, 2.24) is 15.0 Å². The van der Waals surface area contributed by atoms with Crippen LogP contribution < -0.4 is 16.0 Å². The molecule has 1 fully saturated rings.